The van der Waals surface area contributed by atoms with E-state index in [0.29, 0.717) is 0 Å². The summed E-state index contributed by atoms with van der Waals surface area (Å²) < 4.78 is 0. The summed E-state index contributed by atoms with van der Waals surface area (Å²) in [4.78, 5) is 0. The third kappa shape index (κ3) is 5.64. The third-order valence-corrected chi connectivity index (χ3v) is 4.93. The SMILES string of the molecule is [C-]1=CC=CC1.[Cl-].[Cl-].[Zr+4].c1ccc2[cH-]c(-p3cccc3)cc2c1. The maximum atomic E-state index is 2.99. The monoisotopic (exact) mass is 422 g/mol. The van der Waals surface area contributed by atoms with Gasteiger partial charge in [-0.3, -0.25) is 6.08 Å². The van der Waals surface area contributed by atoms with Gasteiger partial charge in [0.2, 0.25) is 0 Å². The number of hydrogen-bond acceptors (Lipinski definition) is 0. The van der Waals surface area contributed by atoms with Crippen LogP contribution in [0.1, 0.15) is 6.42 Å². The molecule has 1 heterocycles. The first-order chi connectivity index (χ1) is 9.43. The number of fused-ring (bicyclic) bond motifs is 1. The molecule has 0 bridgehead atoms. The van der Waals surface area contributed by atoms with Crippen LogP contribution in [0.4, 0.5) is 0 Å². The van der Waals surface area contributed by atoms with Gasteiger partial charge in [0.25, 0.3) is 0 Å². The van der Waals surface area contributed by atoms with Crippen LogP contribution in [0.5, 0.6) is 0 Å². The Morgan fingerprint density at radius 1 is 1.00 bits per heavy atom. The van der Waals surface area contributed by atoms with Gasteiger partial charge in [-0.1, -0.05) is 23.5 Å². The van der Waals surface area contributed by atoms with Crippen LogP contribution in [0.15, 0.2) is 78.4 Å². The van der Waals surface area contributed by atoms with E-state index in [4.69, 9.17) is 0 Å². The van der Waals surface area contributed by atoms with Crippen molar-refractivity contribution in [1.82, 2.24) is 0 Å². The van der Waals surface area contributed by atoms with Gasteiger partial charge in [0.1, 0.15) is 0 Å². The number of allylic oxidation sites excluding steroid dienone is 4. The van der Waals surface area contributed by atoms with Gasteiger partial charge in [-0.25, -0.2) is 12.2 Å². The fourth-order valence-electron chi connectivity index (χ4n) is 2.13. The predicted octanol–water partition coefficient (Wildman–Crippen LogP) is -0.154. The second-order valence-electron chi connectivity index (χ2n) is 4.44. The molecule has 110 valence electrons. The molecule has 0 aliphatic heterocycles. The molecule has 22 heavy (non-hydrogen) atoms. The summed E-state index contributed by atoms with van der Waals surface area (Å²) in [5, 5.41) is 4.18. The average molecular weight is 424 g/mol. The second kappa shape index (κ2) is 11.1. The van der Waals surface area contributed by atoms with Crippen LogP contribution in [-0.2, 0) is 26.2 Å². The van der Waals surface area contributed by atoms with E-state index in [1.165, 1.54) is 16.1 Å². The number of halogens is 2. The van der Waals surface area contributed by atoms with Crippen LogP contribution in [0.3, 0.4) is 0 Å². The van der Waals surface area contributed by atoms with Gasteiger partial charge in [-0.2, -0.15) is 12.1 Å². The minimum absolute atomic E-state index is 0. The smallest absolute Gasteiger partial charge is 1.00 e. The minimum atomic E-state index is -0.148. The molecular weight excluding hydrogens is 409 g/mol. The topological polar surface area (TPSA) is 0 Å². The Balaban J connectivity index is 0.000000482. The molecule has 0 amide bonds. The van der Waals surface area contributed by atoms with Gasteiger partial charge in [0, 0.05) is 0 Å². The van der Waals surface area contributed by atoms with Gasteiger partial charge >= 0.3 is 26.2 Å². The number of benzene rings is 1. The zero-order valence-electron chi connectivity index (χ0n) is 11.9. The second-order valence-corrected chi connectivity index (χ2v) is 6.36. The van der Waals surface area contributed by atoms with Gasteiger partial charge in [-0.05, 0) is 11.6 Å². The molecule has 1 aliphatic carbocycles. The Kier molecular flexibility index (Phi) is 10.9. The van der Waals surface area contributed by atoms with Crippen molar-refractivity contribution in [3.05, 3.63) is 84.4 Å². The average Bonchev–Trinajstić information content (AvgIpc) is 3.20. The zero-order valence-corrected chi connectivity index (χ0v) is 16.8. The van der Waals surface area contributed by atoms with Crippen LogP contribution in [-0.4, -0.2) is 0 Å². The molecule has 0 unspecified atom stereocenters. The summed E-state index contributed by atoms with van der Waals surface area (Å²) >= 11 is 0. The van der Waals surface area contributed by atoms with Crippen LogP contribution in [0.25, 0.3) is 16.1 Å². The molecule has 4 heteroatoms. The summed E-state index contributed by atoms with van der Waals surface area (Å²) in [6.45, 7) is 0. The van der Waals surface area contributed by atoms with E-state index in [-0.39, 0.29) is 58.6 Å². The molecule has 0 saturated heterocycles. The largest absolute Gasteiger partial charge is 4.00 e. The van der Waals surface area contributed by atoms with E-state index < -0.39 is 0 Å². The predicted molar refractivity (Wildman–Crippen MR) is 85.2 cm³/mol. The Morgan fingerprint density at radius 3 is 2.27 bits per heavy atom. The summed E-state index contributed by atoms with van der Waals surface area (Å²) in [5.41, 5.74) is 0. The van der Waals surface area contributed by atoms with E-state index in [2.05, 4.69) is 72.3 Å². The van der Waals surface area contributed by atoms with E-state index in [1.54, 1.807) is 0 Å². The maximum Gasteiger partial charge on any atom is 4.00 e. The third-order valence-electron chi connectivity index (χ3n) is 3.09. The minimum Gasteiger partial charge on any atom is -1.00 e. The fraction of sp³-hybridized carbons (Fsp3) is 0.0556. The molecular formula is C18H15Cl2PZr. The summed E-state index contributed by atoms with van der Waals surface area (Å²) in [6, 6.07) is 17.4. The molecule has 2 aromatic carbocycles. The quantitative estimate of drug-likeness (QED) is 0.477. The molecule has 0 spiro atoms. The van der Waals surface area contributed by atoms with Gasteiger partial charge in [0.15, 0.2) is 0 Å². The van der Waals surface area contributed by atoms with Crippen molar-refractivity contribution in [2.75, 3.05) is 0 Å². The number of rotatable bonds is 1. The standard InChI is InChI=1S/C13H10P.C5H5.2ClH.Zr/c1-2-6-12-10-13(9-11(12)5-1)14-7-3-4-8-14;1-2-4-5-3-1;;;/h1-10H;1-3H,4H2;2*1H;/q2*-1;;;+4/p-2. The van der Waals surface area contributed by atoms with Crippen LogP contribution < -0.4 is 24.8 Å². The fourth-order valence-corrected chi connectivity index (χ4v) is 3.72. The Morgan fingerprint density at radius 2 is 1.73 bits per heavy atom. The van der Waals surface area contributed by atoms with Crippen molar-refractivity contribution in [2.24, 2.45) is 0 Å². The molecule has 0 atom stereocenters. The first-order valence-corrected chi connectivity index (χ1v) is 7.92. The van der Waals surface area contributed by atoms with Crippen molar-refractivity contribution < 1.29 is 51.0 Å². The molecule has 4 rings (SSSR count). The Hall–Kier alpha value is -0.447. The molecule has 0 nitrogen and oxygen atoms in total. The van der Waals surface area contributed by atoms with E-state index in [9.17, 15) is 0 Å². The first kappa shape index (κ1) is 21.6. The van der Waals surface area contributed by atoms with Crippen molar-refractivity contribution in [3.8, 4) is 5.30 Å². The van der Waals surface area contributed by atoms with E-state index in [0.717, 1.165) is 6.42 Å². The Labute approximate surface area is 164 Å². The zero-order chi connectivity index (χ0) is 12.9. The molecule has 3 aromatic rings. The van der Waals surface area contributed by atoms with Crippen LogP contribution in [0.2, 0.25) is 0 Å². The summed E-state index contributed by atoms with van der Waals surface area (Å²) in [6.07, 6.45) is 10.0. The van der Waals surface area contributed by atoms with Crippen molar-refractivity contribution in [1.29, 1.82) is 0 Å². The summed E-state index contributed by atoms with van der Waals surface area (Å²) in [5.74, 6) is 4.59. The summed E-state index contributed by atoms with van der Waals surface area (Å²) in [7, 11) is -0.148. The normalized spacial score (nSPS) is 10.9. The van der Waals surface area contributed by atoms with Gasteiger partial charge < -0.3 is 24.8 Å². The van der Waals surface area contributed by atoms with Crippen molar-refractivity contribution in [3.63, 3.8) is 0 Å². The van der Waals surface area contributed by atoms with Crippen molar-refractivity contribution in [2.45, 2.75) is 6.42 Å². The van der Waals surface area contributed by atoms with Crippen LogP contribution >= 0.6 is 7.53 Å². The molecule has 0 fully saturated rings. The van der Waals surface area contributed by atoms with Gasteiger partial charge in [0.05, 0.1) is 0 Å². The Bertz CT molecular complexity index is 669. The van der Waals surface area contributed by atoms with E-state index in [1.807, 2.05) is 12.2 Å². The van der Waals surface area contributed by atoms with Crippen LogP contribution in [0, 0.1) is 6.08 Å². The molecule has 0 N–H and O–H groups in total. The van der Waals surface area contributed by atoms with Crippen molar-refractivity contribution >= 4 is 18.3 Å². The van der Waals surface area contributed by atoms with Gasteiger partial charge in [-0.15, -0.1) is 49.0 Å². The molecule has 1 aliphatic rings. The first-order valence-electron chi connectivity index (χ1n) is 6.44. The molecule has 0 radical (unpaired) electrons. The van der Waals surface area contributed by atoms with E-state index >= 15 is 0 Å². The maximum absolute atomic E-state index is 2.99. The number of hydrogen-bond donors (Lipinski definition) is 0. The molecule has 0 saturated carbocycles. The molecule has 1 aromatic heterocycles.